The van der Waals surface area contributed by atoms with Crippen LogP contribution in [0.5, 0.6) is 0 Å². The molecule has 2 rings (SSSR count). The summed E-state index contributed by atoms with van der Waals surface area (Å²) in [6.07, 6.45) is 1.77. The number of hydrogen-bond acceptors (Lipinski definition) is 5. The Morgan fingerprint density at radius 3 is 2.70 bits per heavy atom. The van der Waals surface area contributed by atoms with Gasteiger partial charge in [0.05, 0.1) is 12.3 Å². The van der Waals surface area contributed by atoms with E-state index in [1.165, 1.54) is 4.68 Å². The number of aryl methyl sites for hydroxylation is 1. The number of esters is 1. The Bertz CT molecular complexity index is 590. The van der Waals surface area contributed by atoms with Gasteiger partial charge in [0, 0.05) is 0 Å². The average Bonchev–Trinajstić information content (AvgIpc) is 2.82. The Balaban J connectivity index is 2.18. The quantitative estimate of drug-likeness (QED) is 0.667. The van der Waals surface area contributed by atoms with Crippen molar-refractivity contribution < 1.29 is 9.53 Å². The minimum Gasteiger partial charge on any atom is -0.461 e. The Kier molecular flexibility index (Phi) is 4.34. The molecule has 0 amide bonds. The van der Waals surface area contributed by atoms with Crippen molar-refractivity contribution in [2.24, 2.45) is 0 Å². The van der Waals surface area contributed by atoms with Gasteiger partial charge in [-0.25, -0.2) is 4.79 Å². The zero-order valence-corrected chi connectivity index (χ0v) is 11.7. The average molecular weight is 274 g/mol. The molecule has 0 bridgehead atoms. The van der Waals surface area contributed by atoms with Crippen molar-refractivity contribution in [2.45, 2.75) is 26.7 Å². The number of hydrogen-bond donors (Lipinski definition) is 1. The van der Waals surface area contributed by atoms with Crippen molar-refractivity contribution in [3.63, 3.8) is 0 Å². The third kappa shape index (κ3) is 2.96. The molecule has 2 N–H and O–H groups in total. The molecule has 0 unspecified atom stereocenters. The molecule has 0 saturated heterocycles. The lowest BCUT2D eigenvalue weighted by Crippen LogP contribution is -2.10. The number of ether oxygens (including phenoxy) is 1. The molecule has 1 aromatic heterocycles. The number of rotatable bonds is 5. The highest BCUT2D eigenvalue weighted by molar-refractivity contribution is 5.92. The Morgan fingerprint density at radius 1 is 1.35 bits per heavy atom. The monoisotopic (exact) mass is 274 g/mol. The molecular weight excluding hydrogens is 256 g/mol. The Hall–Kier alpha value is -2.37. The van der Waals surface area contributed by atoms with Crippen LogP contribution in [0.25, 0.3) is 5.69 Å². The summed E-state index contributed by atoms with van der Waals surface area (Å²) < 4.78 is 6.51. The molecule has 1 heterocycles. The zero-order chi connectivity index (χ0) is 14.5. The first-order valence-corrected chi connectivity index (χ1v) is 6.58. The molecule has 0 saturated carbocycles. The second-order valence-corrected chi connectivity index (χ2v) is 4.56. The number of benzene rings is 1. The van der Waals surface area contributed by atoms with Crippen molar-refractivity contribution in [1.82, 2.24) is 15.0 Å². The fourth-order valence-corrected chi connectivity index (χ4v) is 1.69. The van der Waals surface area contributed by atoms with Crippen LogP contribution in [0.3, 0.4) is 0 Å². The summed E-state index contributed by atoms with van der Waals surface area (Å²) in [7, 11) is 0. The van der Waals surface area contributed by atoms with Crippen LogP contribution in [0, 0.1) is 6.92 Å². The molecule has 0 atom stereocenters. The van der Waals surface area contributed by atoms with Crippen molar-refractivity contribution in [1.29, 1.82) is 0 Å². The van der Waals surface area contributed by atoms with Gasteiger partial charge in [-0.2, -0.15) is 4.68 Å². The van der Waals surface area contributed by atoms with Gasteiger partial charge in [0.1, 0.15) is 0 Å². The summed E-state index contributed by atoms with van der Waals surface area (Å²) in [4.78, 5) is 11.8. The Morgan fingerprint density at radius 2 is 2.05 bits per heavy atom. The van der Waals surface area contributed by atoms with E-state index in [0.29, 0.717) is 6.61 Å². The van der Waals surface area contributed by atoms with Gasteiger partial charge in [-0.3, -0.25) is 0 Å². The van der Waals surface area contributed by atoms with Crippen LogP contribution in [-0.4, -0.2) is 27.6 Å². The predicted octanol–water partition coefficient (Wildman–Crippen LogP) is 2.11. The molecule has 0 fully saturated rings. The van der Waals surface area contributed by atoms with Crippen LogP contribution in [-0.2, 0) is 4.74 Å². The second-order valence-electron chi connectivity index (χ2n) is 4.56. The minimum atomic E-state index is -0.533. The highest BCUT2D eigenvalue weighted by atomic mass is 16.5. The van der Waals surface area contributed by atoms with Crippen molar-refractivity contribution in [3.8, 4) is 5.69 Å². The highest BCUT2D eigenvalue weighted by Gasteiger charge is 2.19. The van der Waals surface area contributed by atoms with Crippen LogP contribution in [0.1, 0.15) is 35.8 Å². The fourth-order valence-electron chi connectivity index (χ4n) is 1.69. The van der Waals surface area contributed by atoms with E-state index in [0.717, 1.165) is 24.1 Å². The fraction of sp³-hybridized carbons (Fsp3) is 0.357. The van der Waals surface area contributed by atoms with Crippen LogP contribution >= 0.6 is 0 Å². The first-order valence-electron chi connectivity index (χ1n) is 6.58. The van der Waals surface area contributed by atoms with E-state index in [-0.39, 0.29) is 11.5 Å². The molecule has 6 heteroatoms. The number of carbonyl (C=O) groups is 1. The number of anilines is 1. The Labute approximate surface area is 117 Å². The standard InChI is InChI=1S/C14H18N4O2/c1-3-4-9-20-14(19)12-13(15)18(17-16-12)11-7-5-10(2)6-8-11/h5-8H,3-4,9,15H2,1-2H3. The third-order valence-corrected chi connectivity index (χ3v) is 2.91. The summed E-state index contributed by atoms with van der Waals surface area (Å²) in [5.74, 6) is -0.343. The number of nitrogens with two attached hydrogens (primary N) is 1. The smallest absolute Gasteiger partial charge is 0.362 e. The van der Waals surface area contributed by atoms with E-state index in [9.17, 15) is 4.79 Å². The predicted molar refractivity (Wildman–Crippen MR) is 75.7 cm³/mol. The maximum absolute atomic E-state index is 11.8. The van der Waals surface area contributed by atoms with Crippen molar-refractivity contribution >= 4 is 11.8 Å². The topological polar surface area (TPSA) is 83.0 Å². The van der Waals surface area contributed by atoms with Crippen molar-refractivity contribution in [3.05, 3.63) is 35.5 Å². The van der Waals surface area contributed by atoms with Crippen LogP contribution in [0.15, 0.2) is 24.3 Å². The number of nitrogen functional groups attached to an aromatic ring is 1. The van der Waals surface area contributed by atoms with Gasteiger partial charge >= 0.3 is 5.97 Å². The van der Waals surface area contributed by atoms with E-state index >= 15 is 0 Å². The largest absolute Gasteiger partial charge is 0.461 e. The number of carbonyl (C=O) groups excluding carboxylic acids is 1. The zero-order valence-electron chi connectivity index (χ0n) is 11.7. The second kappa shape index (κ2) is 6.18. The first kappa shape index (κ1) is 14.0. The lowest BCUT2D eigenvalue weighted by molar-refractivity contribution is 0.0494. The number of nitrogens with zero attached hydrogens (tertiary/aromatic N) is 3. The lowest BCUT2D eigenvalue weighted by atomic mass is 10.2. The molecule has 0 aliphatic heterocycles. The molecule has 1 aromatic carbocycles. The third-order valence-electron chi connectivity index (χ3n) is 2.91. The summed E-state index contributed by atoms with van der Waals surface area (Å²) >= 11 is 0. The van der Waals surface area contributed by atoms with Crippen LogP contribution in [0.4, 0.5) is 5.82 Å². The molecule has 0 radical (unpaired) electrons. The van der Waals surface area contributed by atoms with E-state index in [2.05, 4.69) is 10.3 Å². The highest BCUT2D eigenvalue weighted by Crippen LogP contribution is 2.16. The number of unbranched alkanes of at least 4 members (excludes halogenated alkanes) is 1. The lowest BCUT2D eigenvalue weighted by Gasteiger charge is -2.04. The maximum Gasteiger partial charge on any atom is 0.362 e. The molecule has 20 heavy (non-hydrogen) atoms. The molecular formula is C14H18N4O2. The minimum absolute atomic E-state index is 0.0571. The molecule has 106 valence electrons. The summed E-state index contributed by atoms with van der Waals surface area (Å²) in [5.41, 5.74) is 7.86. The molecule has 0 spiro atoms. The molecule has 0 aliphatic rings. The van der Waals surface area contributed by atoms with Gasteiger partial charge in [0.15, 0.2) is 5.82 Å². The van der Waals surface area contributed by atoms with E-state index in [4.69, 9.17) is 10.5 Å². The molecule has 2 aromatic rings. The summed E-state index contributed by atoms with van der Waals surface area (Å²) in [6, 6.07) is 7.62. The SMILES string of the molecule is CCCCOC(=O)c1nnn(-c2ccc(C)cc2)c1N. The number of aromatic nitrogens is 3. The molecule has 6 nitrogen and oxygen atoms in total. The maximum atomic E-state index is 11.8. The first-order chi connectivity index (χ1) is 9.63. The summed E-state index contributed by atoms with van der Waals surface area (Å²) in [5, 5.41) is 7.71. The van der Waals surface area contributed by atoms with Gasteiger partial charge in [-0.15, -0.1) is 5.10 Å². The van der Waals surface area contributed by atoms with Gasteiger partial charge < -0.3 is 10.5 Å². The normalized spacial score (nSPS) is 10.5. The summed E-state index contributed by atoms with van der Waals surface area (Å²) in [6.45, 7) is 4.38. The van der Waals surface area contributed by atoms with Gasteiger partial charge in [0.2, 0.25) is 5.69 Å². The van der Waals surface area contributed by atoms with Crippen LogP contribution < -0.4 is 5.73 Å². The van der Waals surface area contributed by atoms with Crippen LogP contribution in [0.2, 0.25) is 0 Å². The van der Waals surface area contributed by atoms with E-state index in [1.807, 2.05) is 38.1 Å². The van der Waals surface area contributed by atoms with Gasteiger partial charge in [0.25, 0.3) is 0 Å². The van der Waals surface area contributed by atoms with Crippen molar-refractivity contribution in [2.75, 3.05) is 12.3 Å². The van der Waals surface area contributed by atoms with E-state index in [1.54, 1.807) is 0 Å². The molecule has 0 aliphatic carbocycles. The van der Waals surface area contributed by atoms with Gasteiger partial charge in [-0.05, 0) is 25.5 Å². The van der Waals surface area contributed by atoms with Gasteiger partial charge in [-0.1, -0.05) is 36.3 Å². The van der Waals surface area contributed by atoms with E-state index < -0.39 is 5.97 Å².